The van der Waals surface area contributed by atoms with Crippen molar-refractivity contribution in [3.8, 4) is 0 Å². The highest BCUT2D eigenvalue weighted by molar-refractivity contribution is 5.65. The van der Waals surface area contributed by atoms with E-state index in [0.29, 0.717) is 0 Å². The SMILES string of the molecule is CCCNc1nc(C)nc(Nc2cccc(CC)c2)c1C. The normalized spacial score (nSPS) is 10.5. The van der Waals surface area contributed by atoms with Gasteiger partial charge in [-0.25, -0.2) is 9.97 Å². The maximum atomic E-state index is 4.53. The Morgan fingerprint density at radius 2 is 1.81 bits per heavy atom. The summed E-state index contributed by atoms with van der Waals surface area (Å²) in [5.74, 6) is 2.56. The second kappa shape index (κ2) is 7.07. The summed E-state index contributed by atoms with van der Waals surface area (Å²) in [6.45, 7) is 9.19. The molecule has 0 aliphatic rings. The first-order valence-corrected chi connectivity index (χ1v) is 7.59. The molecule has 0 fully saturated rings. The fourth-order valence-electron chi connectivity index (χ4n) is 2.17. The first kappa shape index (κ1) is 15.3. The van der Waals surface area contributed by atoms with E-state index in [1.165, 1.54) is 5.56 Å². The fraction of sp³-hybridized carbons (Fsp3) is 0.412. The summed E-state index contributed by atoms with van der Waals surface area (Å²) in [4.78, 5) is 9.01. The minimum atomic E-state index is 0.772. The van der Waals surface area contributed by atoms with Crippen molar-refractivity contribution in [1.82, 2.24) is 9.97 Å². The van der Waals surface area contributed by atoms with Crippen LogP contribution in [0.2, 0.25) is 0 Å². The van der Waals surface area contributed by atoms with E-state index in [0.717, 1.165) is 48.1 Å². The third-order valence-corrected chi connectivity index (χ3v) is 3.40. The lowest BCUT2D eigenvalue weighted by Gasteiger charge is -2.14. The van der Waals surface area contributed by atoms with Gasteiger partial charge in [0.15, 0.2) is 0 Å². The first-order chi connectivity index (χ1) is 10.1. The second-order valence-electron chi connectivity index (χ2n) is 5.20. The van der Waals surface area contributed by atoms with Crippen LogP contribution in [0.1, 0.15) is 37.2 Å². The molecule has 4 heteroatoms. The van der Waals surface area contributed by atoms with Gasteiger partial charge in [-0.05, 0) is 44.4 Å². The minimum Gasteiger partial charge on any atom is -0.370 e. The highest BCUT2D eigenvalue weighted by atomic mass is 15.1. The van der Waals surface area contributed by atoms with Crippen LogP contribution in [-0.2, 0) is 6.42 Å². The lowest BCUT2D eigenvalue weighted by Crippen LogP contribution is -2.08. The van der Waals surface area contributed by atoms with Crippen molar-refractivity contribution in [3.05, 3.63) is 41.2 Å². The molecule has 0 saturated heterocycles. The standard InChI is InChI=1S/C17H24N4/c1-5-10-18-16-12(3)17(20-13(4)19-16)21-15-9-7-8-14(6-2)11-15/h7-9,11H,5-6,10H2,1-4H3,(H2,18,19,20,21). The predicted molar refractivity (Wildman–Crippen MR) is 89.4 cm³/mol. The Labute approximate surface area is 127 Å². The first-order valence-electron chi connectivity index (χ1n) is 7.59. The molecule has 112 valence electrons. The molecule has 0 atom stereocenters. The van der Waals surface area contributed by atoms with Gasteiger partial charge in [0.05, 0.1) is 0 Å². The van der Waals surface area contributed by atoms with Crippen LogP contribution in [0, 0.1) is 13.8 Å². The number of anilines is 3. The smallest absolute Gasteiger partial charge is 0.139 e. The van der Waals surface area contributed by atoms with E-state index in [-0.39, 0.29) is 0 Å². The molecular weight excluding hydrogens is 260 g/mol. The lowest BCUT2D eigenvalue weighted by molar-refractivity contribution is 0.948. The molecule has 2 N–H and O–H groups in total. The molecular formula is C17H24N4. The largest absolute Gasteiger partial charge is 0.370 e. The van der Waals surface area contributed by atoms with Crippen molar-refractivity contribution in [3.63, 3.8) is 0 Å². The number of aromatic nitrogens is 2. The van der Waals surface area contributed by atoms with Crippen LogP contribution in [-0.4, -0.2) is 16.5 Å². The van der Waals surface area contributed by atoms with Crippen LogP contribution in [0.25, 0.3) is 0 Å². The van der Waals surface area contributed by atoms with Gasteiger partial charge in [-0.3, -0.25) is 0 Å². The Kier molecular flexibility index (Phi) is 5.14. The number of nitrogens with one attached hydrogen (secondary N) is 2. The molecule has 0 aliphatic carbocycles. The second-order valence-corrected chi connectivity index (χ2v) is 5.20. The summed E-state index contributed by atoms with van der Waals surface area (Å²) in [6, 6.07) is 8.43. The summed E-state index contributed by atoms with van der Waals surface area (Å²) in [5.41, 5.74) is 3.43. The third-order valence-electron chi connectivity index (χ3n) is 3.40. The summed E-state index contributed by atoms with van der Waals surface area (Å²) in [5, 5.41) is 6.77. The summed E-state index contributed by atoms with van der Waals surface area (Å²) >= 11 is 0. The van der Waals surface area contributed by atoms with E-state index >= 15 is 0 Å². The Hall–Kier alpha value is -2.10. The van der Waals surface area contributed by atoms with Gasteiger partial charge >= 0.3 is 0 Å². The van der Waals surface area contributed by atoms with Gasteiger partial charge in [-0.15, -0.1) is 0 Å². The zero-order valence-electron chi connectivity index (χ0n) is 13.3. The molecule has 21 heavy (non-hydrogen) atoms. The van der Waals surface area contributed by atoms with Gasteiger partial charge in [0, 0.05) is 17.8 Å². The van der Waals surface area contributed by atoms with E-state index in [1.807, 2.05) is 13.8 Å². The molecule has 0 saturated carbocycles. The molecule has 0 aliphatic heterocycles. The molecule has 0 radical (unpaired) electrons. The molecule has 0 bridgehead atoms. The molecule has 2 aromatic rings. The zero-order valence-corrected chi connectivity index (χ0v) is 13.3. The van der Waals surface area contributed by atoms with Crippen LogP contribution >= 0.6 is 0 Å². The molecule has 4 nitrogen and oxygen atoms in total. The number of rotatable bonds is 6. The predicted octanol–water partition coefficient (Wildman–Crippen LogP) is 4.22. The molecule has 0 unspecified atom stereocenters. The lowest BCUT2D eigenvalue weighted by atomic mass is 10.1. The van der Waals surface area contributed by atoms with Gasteiger partial charge in [0.25, 0.3) is 0 Å². The fourth-order valence-corrected chi connectivity index (χ4v) is 2.17. The van der Waals surface area contributed by atoms with Crippen LogP contribution in [0.5, 0.6) is 0 Å². The molecule has 1 aromatic heterocycles. The van der Waals surface area contributed by atoms with Gasteiger partial charge in [0.1, 0.15) is 17.5 Å². The molecule has 0 amide bonds. The molecule has 1 aromatic carbocycles. The molecule has 2 rings (SSSR count). The zero-order chi connectivity index (χ0) is 15.2. The Morgan fingerprint density at radius 1 is 1.05 bits per heavy atom. The average Bonchev–Trinajstić information content (AvgIpc) is 2.49. The van der Waals surface area contributed by atoms with Crippen molar-refractivity contribution in [2.45, 2.75) is 40.5 Å². The van der Waals surface area contributed by atoms with E-state index in [2.05, 4.69) is 58.7 Å². The van der Waals surface area contributed by atoms with E-state index in [4.69, 9.17) is 0 Å². The van der Waals surface area contributed by atoms with Gasteiger partial charge < -0.3 is 10.6 Å². The highest BCUT2D eigenvalue weighted by Gasteiger charge is 2.09. The molecule has 0 spiro atoms. The summed E-state index contributed by atoms with van der Waals surface area (Å²) in [7, 11) is 0. The number of nitrogens with zero attached hydrogens (tertiary/aromatic N) is 2. The van der Waals surface area contributed by atoms with Crippen molar-refractivity contribution >= 4 is 17.3 Å². The van der Waals surface area contributed by atoms with Crippen LogP contribution in [0.15, 0.2) is 24.3 Å². The van der Waals surface area contributed by atoms with E-state index in [1.54, 1.807) is 0 Å². The van der Waals surface area contributed by atoms with E-state index < -0.39 is 0 Å². The minimum absolute atomic E-state index is 0.772. The third kappa shape index (κ3) is 3.94. The van der Waals surface area contributed by atoms with Crippen LogP contribution < -0.4 is 10.6 Å². The van der Waals surface area contributed by atoms with Crippen LogP contribution in [0.4, 0.5) is 17.3 Å². The monoisotopic (exact) mass is 284 g/mol. The topological polar surface area (TPSA) is 49.8 Å². The number of hydrogen-bond donors (Lipinski definition) is 2. The van der Waals surface area contributed by atoms with E-state index in [9.17, 15) is 0 Å². The van der Waals surface area contributed by atoms with Gasteiger partial charge in [-0.2, -0.15) is 0 Å². The molecule has 1 heterocycles. The van der Waals surface area contributed by atoms with Gasteiger partial charge in [0.2, 0.25) is 0 Å². The maximum absolute atomic E-state index is 4.53. The maximum Gasteiger partial charge on any atom is 0.139 e. The Morgan fingerprint density at radius 3 is 2.52 bits per heavy atom. The van der Waals surface area contributed by atoms with Crippen molar-refractivity contribution in [2.75, 3.05) is 17.2 Å². The summed E-state index contributed by atoms with van der Waals surface area (Å²) < 4.78 is 0. The number of hydrogen-bond acceptors (Lipinski definition) is 4. The van der Waals surface area contributed by atoms with Crippen LogP contribution in [0.3, 0.4) is 0 Å². The highest BCUT2D eigenvalue weighted by Crippen LogP contribution is 2.24. The average molecular weight is 284 g/mol. The Balaban J connectivity index is 2.28. The summed E-state index contributed by atoms with van der Waals surface area (Å²) in [6.07, 6.45) is 2.10. The van der Waals surface area contributed by atoms with Crippen molar-refractivity contribution in [1.29, 1.82) is 0 Å². The number of benzene rings is 1. The van der Waals surface area contributed by atoms with Crippen molar-refractivity contribution in [2.24, 2.45) is 0 Å². The van der Waals surface area contributed by atoms with Gasteiger partial charge in [-0.1, -0.05) is 26.0 Å². The number of aryl methyl sites for hydroxylation is 2. The Bertz CT molecular complexity index is 608. The quantitative estimate of drug-likeness (QED) is 0.833. The van der Waals surface area contributed by atoms with Crippen molar-refractivity contribution < 1.29 is 0 Å².